The second kappa shape index (κ2) is 11.1. The van der Waals surface area contributed by atoms with Gasteiger partial charge in [0.15, 0.2) is 5.82 Å². The molecule has 0 aliphatic rings. The number of thioether (sulfide) groups is 1. The van der Waals surface area contributed by atoms with E-state index in [9.17, 15) is 14.4 Å². The van der Waals surface area contributed by atoms with E-state index in [0.29, 0.717) is 34.3 Å². The van der Waals surface area contributed by atoms with Crippen LogP contribution in [0.2, 0.25) is 0 Å². The SMILES string of the molecule is CCOC(=O)c1ccc(NC(=O)CSc2ccc(NC(=O)c3ccc(C)cc3)nn2)cc1. The van der Waals surface area contributed by atoms with Crippen LogP contribution in [-0.2, 0) is 9.53 Å². The van der Waals surface area contributed by atoms with Crippen molar-refractivity contribution < 1.29 is 19.1 Å². The number of hydrogen-bond acceptors (Lipinski definition) is 7. The molecule has 3 aromatic rings. The van der Waals surface area contributed by atoms with E-state index in [1.54, 1.807) is 55.5 Å². The van der Waals surface area contributed by atoms with Crippen LogP contribution in [0.5, 0.6) is 0 Å². The van der Waals surface area contributed by atoms with Gasteiger partial charge < -0.3 is 15.4 Å². The van der Waals surface area contributed by atoms with Gasteiger partial charge in [0.05, 0.1) is 17.9 Å². The molecule has 0 fully saturated rings. The Kier molecular flexibility index (Phi) is 7.93. The first-order valence-corrected chi connectivity index (χ1v) is 10.8. The summed E-state index contributed by atoms with van der Waals surface area (Å²) in [6.45, 7) is 3.99. The molecule has 1 heterocycles. The Bertz CT molecular complexity index is 1080. The fraction of sp³-hybridized carbons (Fsp3) is 0.174. The Balaban J connectivity index is 1.47. The summed E-state index contributed by atoms with van der Waals surface area (Å²) >= 11 is 1.22. The fourth-order valence-corrected chi connectivity index (χ4v) is 3.21. The first-order valence-electron chi connectivity index (χ1n) is 9.86. The minimum atomic E-state index is -0.405. The summed E-state index contributed by atoms with van der Waals surface area (Å²) in [5, 5.41) is 14.0. The predicted octanol–water partition coefficient (Wildman–Crippen LogP) is 3.94. The molecule has 0 spiro atoms. The summed E-state index contributed by atoms with van der Waals surface area (Å²) in [7, 11) is 0. The Hall–Kier alpha value is -3.72. The number of amides is 2. The molecule has 0 unspecified atom stereocenters. The smallest absolute Gasteiger partial charge is 0.338 e. The van der Waals surface area contributed by atoms with E-state index < -0.39 is 5.97 Å². The third kappa shape index (κ3) is 6.64. The van der Waals surface area contributed by atoms with E-state index in [2.05, 4.69) is 20.8 Å². The molecule has 0 aliphatic carbocycles. The van der Waals surface area contributed by atoms with Crippen molar-refractivity contribution in [3.8, 4) is 0 Å². The molecule has 0 saturated heterocycles. The van der Waals surface area contributed by atoms with Crippen molar-refractivity contribution in [2.24, 2.45) is 0 Å². The quantitative estimate of drug-likeness (QED) is 0.395. The van der Waals surface area contributed by atoms with Crippen molar-refractivity contribution in [2.75, 3.05) is 23.0 Å². The number of hydrogen-bond donors (Lipinski definition) is 2. The van der Waals surface area contributed by atoms with Gasteiger partial charge in [-0.25, -0.2) is 4.79 Å². The van der Waals surface area contributed by atoms with Gasteiger partial charge >= 0.3 is 5.97 Å². The number of rotatable bonds is 8. The van der Waals surface area contributed by atoms with Crippen LogP contribution in [0.4, 0.5) is 11.5 Å². The molecule has 8 nitrogen and oxygen atoms in total. The molecule has 0 bridgehead atoms. The topological polar surface area (TPSA) is 110 Å². The maximum absolute atomic E-state index is 12.2. The minimum Gasteiger partial charge on any atom is -0.462 e. The largest absolute Gasteiger partial charge is 0.462 e. The van der Waals surface area contributed by atoms with Crippen molar-refractivity contribution in [1.29, 1.82) is 0 Å². The number of anilines is 2. The number of aromatic nitrogens is 2. The lowest BCUT2D eigenvalue weighted by Gasteiger charge is -2.07. The van der Waals surface area contributed by atoms with Crippen LogP contribution in [0.3, 0.4) is 0 Å². The molecule has 32 heavy (non-hydrogen) atoms. The average Bonchev–Trinajstić information content (AvgIpc) is 2.79. The summed E-state index contributed by atoms with van der Waals surface area (Å²) in [6, 6.07) is 17.0. The number of nitrogens with zero attached hydrogens (tertiary/aromatic N) is 2. The maximum atomic E-state index is 12.2. The van der Waals surface area contributed by atoms with E-state index in [1.807, 2.05) is 19.1 Å². The van der Waals surface area contributed by atoms with E-state index in [4.69, 9.17) is 4.74 Å². The van der Waals surface area contributed by atoms with E-state index in [-0.39, 0.29) is 17.6 Å². The first kappa shape index (κ1) is 23.0. The molecular formula is C23H22N4O4S. The van der Waals surface area contributed by atoms with Gasteiger partial charge in [0.25, 0.3) is 5.91 Å². The zero-order chi connectivity index (χ0) is 22.9. The van der Waals surface area contributed by atoms with Gasteiger partial charge in [-0.15, -0.1) is 10.2 Å². The number of carbonyl (C=O) groups excluding carboxylic acids is 3. The number of esters is 1. The Morgan fingerprint density at radius 2 is 1.56 bits per heavy atom. The molecule has 0 aliphatic heterocycles. The van der Waals surface area contributed by atoms with Crippen molar-refractivity contribution >= 4 is 41.1 Å². The van der Waals surface area contributed by atoms with Crippen LogP contribution in [0.15, 0.2) is 65.7 Å². The van der Waals surface area contributed by atoms with Gasteiger partial charge in [0.2, 0.25) is 5.91 Å². The highest BCUT2D eigenvalue weighted by Crippen LogP contribution is 2.17. The lowest BCUT2D eigenvalue weighted by molar-refractivity contribution is -0.113. The van der Waals surface area contributed by atoms with Gasteiger partial charge in [-0.2, -0.15) is 0 Å². The molecule has 0 saturated carbocycles. The van der Waals surface area contributed by atoms with Crippen molar-refractivity contribution in [2.45, 2.75) is 18.9 Å². The first-order chi connectivity index (χ1) is 15.4. The molecule has 2 N–H and O–H groups in total. The maximum Gasteiger partial charge on any atom is 0.338 e. The molecule has 1 aromatic heterocycles. The highest BCUT2D eigenvalue weighted by atomic mass is 32.2. The van der Waals surface area contributed by atoms with Crippen molar-refractivity contribution in [3.63, 3.8) is 0 Å². The van der Waals surface area contributed by atoms with Crippen LogP contribution >= 0.6 is 11.8 Å². The van der Waals surface area contributed by atoms with Gasteiger partial charge in [-0.05, 0) is 62.4 Å². The number of ether oxygens (including phenoxy) is 1. The van der Waals surface area contributed by atoms with Crippen LogP contribution in [0.25, 0.3) is 0 Å². The standard InChI is InChI=1S/C23H22N4O4S/c1-3-31-23(30)17-8-10-18(11-9-17)24-20(28)14-32-21-13-12-19(26-27-21)25-22(29)16-6-4-15(2)5-7-16/h4-13H,3,14H2,1-2H3,(H,24,28)(H,25,26,29). The van der Waals surface area contributed by atoms with E-state index >= 15 is 0 Å². The van der Waals surface area contributed by atoms with Crippen LogP contribution in [0.1, 0.15) is 33.2 Å². The van der Waals surface area contributed by atoms with Gasteiger partial charge in [0.1, 0.15) is 5.03 Å². The van der Waals surface area contributed by atoms with Gasteiger partial charge in [-0.1, -0.05) is 29.5 Å². The third-order valence-corrected chi connectivity index (χ3v) is 5.15. The molecule has 3 rings (SSSR count). The summed E-state index contributed by atoms with van der Waals surface area (Å²) in [5.74, 6) is -0.446. The summed E-state index contributed by atoms with van der Waals surface area (Å²) in [5.41, 5.74) is 2.59. The number of carbonyl (C=O) groups is 3. The minimum absolute atomic E-state index is 0.128. The van der Waals surface area contributed by atoms with Gasteiger partial charge in [0, 0.05) is 11.3 Å². The molecule has 0 radical (unpaired) electrons. The second-order valence-electron chi connectivity index (χ2n) is 6.71. The number of benzene rings is 2. The molecule has 164 valence electrons. The molecule has 2 aromatic carbocycles. The normalized spacial score (nSPS) is 10.3. The summed E-state index contributed by atoms with van der Waals surface area (Å²) < 4.78 is 4.93. The Labute approximate surface area is 189 Å². The van der Waals surface area contributed by atoms with Crippen molar-refractivity contribution in [1.82, 2.24) is 10.2 Å². The molecule has 9 heteroatoms. The number of aryl methyl sites for hydroxylation is 1. The van der Waals surface area contributed by atoms with Crippen LogP contribution in [-0.4, -0.2) is 40.3 Å². The lowest BCUT2D eigenvalue weighted by Crippen LogP contribution is -2.15. The predicted molar refractivity (Wildman–Crippen MR) is 123 cm³/mol. The molecular weight excluding hydrogens is 428 g/mol. The highest BCUT2D eigenvalue weighted by Gasteiger charge is 2.10. The number of nitrogens with one attached hydrogen (secondary N) is 2. The summed E-state index contributed by atoms with van der Waals surface area (Å²) in [4.78, 5) is 36.1. The monoisotopic (exact) mass is 450 g/mol. The Morgan fingerprint density at radius 3 is 2.19 bits per heavy atom. The van der Waals surface area contributed by atoms with Crippen LogP contribution < -0.4 is 10.6 Å². The second-order valence-corrected chi connectivity index (χ2v) is 7.71. The average molecular weight is 451 g/mol. The zero-order valence-electron chi connectivity index (χ0n) is 17.6. The third-order valence-electron chi connectivity index (χ3n) is 4.23. The fourth-order valence-electron chi connectivity index (χ4n) is 2.60. The lowest BCUT2D eigenvalue weighted by atomic mass is 10.1. The Morgan fingerprint density at radius 1 is 0.875 bits per heavy atom. The summed E-state index contributed by atoms with van der Waals surface area (Å²) in [6.07, 6.45) is 0. The van der Waals surface area contributed by atoms with Crippen LogP contribution in [0, 0.1) is 6.92 Å². The molecule has 2 amide bonds. The van der Waals surface area contributed by atoms with E-state index in [1.165, 1.54) is 11.8 Å². The highest BCUT2D eigenvalue weighted by molar-refractivity contribution is 7.99. The van der Waals surface area contributed by atoms with Crippen molar-refractivity contribution in [3.05, 3.63) is 77.4 Å². The molecule has 0 atom stereocenters. The van der Waals surface area contributed by atoms with E-state index in [0.717, 1.165) is 5.56 Å². The zero-order valence-corrected chi connectivity index (χ0v) is 18.4. The van der Waals surface area contributed by atoms with Gasteiger partial charge in [-0.3, -0.25) is 9.59 Å².